The first-order valence-electron chi connectivity index (χ1n) is 8.93. The van der Waals surface area contributed by atoms with Gasteiger partial charge in [-0.3, -0.25) is 4.79 Å². The first-order valence-corrected chi connectivity index (χ1v) is 8.93. The number of aromatic amines is 1. The number of aromatic nitrogens is 5. The largest absolute Gasteiger partial charge is 0.595 e. The van der Waals surface area contributed by atoms with Crippen molar-refractivity contribution in [1.82, 2.24) is 25.0 Å². The second-order valence-corrected chi connectivity index (χ2v) is 7.06. The fourth-order valence-corrected chi connectivity index (χ4v) is 3.65. The minimum absolute atomic E-state index is 0.0218. The van der Waals surface area contributed by atoms with Crippen molar-refractivity contribution in [2.75, 3.05) is 0 Å². The van der Waals surface area contributed by atoms with Gasteiger partial charge in [0.15, 0.2) is 11.3 Å². The zero-order chi connectivity index (χ0) is 18.4. The molecule has 4 rings (SSSR count). The van der Waals surface area contributed by atoms with Gasteiger partial charge in [0.2, 0.25) is 0 Å². The highest BCUT2D eigenvalue weighted by molar-refractivity contribution is 6.04. The highest BCUT2D eigenvalue weighted by atomic mass is 16.5. The molecule has 0 spiro atoms. The second-order valence-electron chi connectivity index (χ2n) is 7.06. The van der Waals surface area contributed by atoms with Gasteiger partial charge in [-0.15, -0.1) is 4.68 Å². The van der Waals surface area contributed by atoms with Crippen LogP contribution in [-0.4, -0.2) is 31.6 Å². The summed E-state index contributed by atoms with van der Waals surface area (Å²) in [6.07, 6.45) is 7.12. The number of H-pyrrole nitrogens is 1. The van der Waals surface area contributed by atoms with Crippen molar-refractivity contribution in [2.24, 2.45) is 7.05 Å². The smallest absolute Gasteiger partial charge is 0.274 e. The van der Waals surface area contributed by atoms with Crippen molar-refractivity contribution in [1.29, 1.82) is 0 Å². The van der Waals surface area contributed by atoms with Crippen molar-refractivity contribution in [2.45, 2.75) is 45.6 Å². The number of nitrogens with zero attached hydrogens (tertiary/aromatic N) is 4. The number of nitrogens with one attached hydrogen (secondary N) is 2. The van der Waals surface area contributed by atoms with Crippen LogP contribution in [0.25, 0.3) is 22.6 Å². The molecule has 3 aromatic heterocycles. The summed E-state index contributed by atoms with van der Waals surface area (Å²) in [7, 11) is 1.78. The molecule has 1 aliphatic rings. The van der Waals surface area contributed by atoms with Crippen LogP contribution >= 0.6 is 0 Å². The molecule has 26 heavy (non-hydrogen) atoms. The molecule has 8 nitrogen and oxygen atoms in total. The number of fused-ring (bicyclic) bond motifs is 2. The average Bonchev–Trinajstić information content (AvgIpc) is 3.14. The van der Waals surface area contributed by atoms with Crippen LogP contribution in [0.3, 0.4) is 0 Å². The molecule has 0 fully saturated rings. The molecule has 1 amide bonds. The lowest BCUT2D eigenvalue weighted by atomic mass is 9.95. The van der Waals surface area contributed by atoms with Crippen LogP contribution in [0.15, 0.2) is 12.4 Å². The Hall–Kier alpha value is -2.90. The molecule has 0 bridgehead atoms. The fraction of sp³-hybridized carbons (Fsp3) is 0.444. The lowest BCUT2D eigenvalue weighted by Crippen LogP contribution is -2.38. The lowest BCUT2D eigenvalue weighted by molar-refractivity contribution is -0.682. The summed E-state index contributed by atoms with van der Waals surface area (Å²) < 4.78 is 1.65. The van der Waals surface area contributed by atoms with Gasteiger partial charge in [-0.1, -0.05) is 4.85 Å². The van der Waals surface area contributed by atoms with E-state index in [-0.39, 0.29) is 11.9 Å². The molecule has 3 heterocycles. The van der Waals surface area contributed by atoms with Crippen LogP contribution in [0.5, 0.6) is 0 Å². The van der Waals surface area contributed by atoms with Crippen LogP contribution in [-0.2, 0) is 19.9 Å². The Morgan fingerprint density at radius 1 is 1.38 bits per heavy atom. The first-order chi connectivity index (χ1) is 12.5. The Morgan fingerprint density at radius 2 is 2.15 bits per heavy atom. The van der Waals surface area contributed by atoms with Gasteiger partial charge < -0.3 is 15.5 Å². The molecular formula is C18H22N6O2. The van der Waals surface area contributed by atoms with Gasteiger partial charge in [-0.05, 0) is 39.5 Å². The van der Waals surface area contributed by atoms with Crippen molar-refractivity contribution in [3.05, 3.63) is 34.4 Å². The molecule has 0 aliphatic heterocycles. The van der Waals surface area contributed by atoms with Crippen LogP contribution in [0.4, 0.5) is 0 Å². The maximum Gasteiger partial charge on any atom is 0.274 e. The molecule has 0 unspecified atom stereocenters. The van der Waals surface area contributed by atoms with Gasteiger partial charge in [0.05, 0.1) is 30.1 Å². The van der Waals surface area contributed by atoms with Crippen molar-refractivity contribution in [3.8, 4) is 11.4 Å². The van der Waals surface area contributed by atoms with E-state index in [1.165, 1.54) is 0 Å². The molecule has 0 radical (unpaired) electrons. The number of rotatable bonds is 3. The van der Waals surface area contributed by atoms with E-state index in [0.29, 0.717) is 28.1 Å². The molecule has 136 valence electrons. The average molecular weight is 354 g/mol. The Balaban J connectivity index is 1.85. The summed E-state index contributed by atoms with van der Waals surface area (Å²) in [4.78, 5) is 25.3. The lowest BCUT2D eigenvalue weighted by Gasteiger charge is -2.09. The van der Waals surface area contributed by atoms with E-state index in [0.717, 1.165) is 41.8 Å². The third-order valence-corrected chi connectivity index (χ3v) is 4.87. The van der Waals surface area contributed by atoms with Crippen molar-refractivity contribution >= 4 is 17.1 Å². The quantitative estimate of drug-likeness (QED) is 0.551. The second kappa shape index (κ2) is 6.12. The van der Waals surface area contributed by atoms with E-state index < -0.39 is 0 Å². The van der Waals surface area contributed by atoms with Gasteiger partial charge in [-0.25, -0.2) is 9.97 Å². The number of amides is 1. The van der Waals surface area contributed by atoms with E-state index in [1.54, 1.807) is 24.1 Å². The normalized spacial score (nSPS) is 14.0. The summed E-state index contributed by atoms with van der Waals surface area (Å²) in [6, 6.07) is 0.0218. The topological polar surface area (TPSA) is 103 Å². The van der Waals surface area contributed by atoms with Crippen LogP contribution in [0.1, 0.15) is 48.3 Å². The van der Waals surface area contributed by atoms with E-state index in [1.807, 2.05) is 13.8 Å². The first kappa shape index (κ1) is 16.6. The zero-order valence-corrected chi connectivity index (χ0v) is 15.2. The fourth-order valence-electron chi connectivity index (χ4n) is 3.65. The third kappa shape index (κ3) is 2.53. The van der Waals surface area contributed by atoms with Crippen molar-refractivity contribution < 1.29 is 9.64 Å². The van der Waals surface area contributed by atoms with Crippen LogP contribution < -0.4 is 10.2 Å². The predicted molar refractivity (Wildman–Crippen MR) is 96.5 cm³/mol. The van der Waals surface area contributed by atoms with Gasteiger partial charge in [-0.2, -0.15) is 0 Å². The summed E-state index contributed by atoms with van der Waals surface area (Å²) in [5, 5.41) is 15.6. The maximum absolute atomic E-state index is 12.7. The highest BCUT2D eigenvalue weighted by Crippen LogP contribution is 2.29. The van der Waals surface area contributed by atoms with Gasteiger partial charge in [0, 0.05) is 12.2 Å². The zero-order valence-electron chi connectivity index (χ0n) is 15.2. The summed E-state index contributed by atoms with van der Waals surface area (Å²) in [6.45, 7) is 3.81. The Kier molecular flexibility index (Phi) is 3.90. The van der Waals surface area contributed by atoms with E-state index >= 15 is 0 Å². The summed E-state index contributed by atoms with van der Waals surface area (Å²) in [5.74, 6) is -0.206. The van der Waals surface area contributed by atoms with E-state index in [9.17, 15) is 10.0 Å². The molecule has 8 heteroatoms. The molecule has 2 N–H and O–H groups in total. The van der Waals surface area contributed by atoms with Crippen molar-refractivity contribution in [3.63, 3.8) is 0 Å². The summed E-state index contributed by atoms with van der Waals surface area (Å²) >= 11 is 0. The van der Waals surface area contributed by atoms with Gasteiger partial charge in [0.1, 0.15) is 5.52 Å². The Bertz CT molecular complexity index is 1000. The maximum atomic E-state index is 12.7. The monoisotopic (exact) mass is 354 g/mol. The van der Waals surface area contributed by atoms with Crippen LogP contribution in [0, 0.1) is 5.21 Å². The highest BCUT2D eigenvalue weighted by Gasteiger charge is 2.30. The Morgan fingerprint density at radius 3 is 2.92 bits per heavy atom. The number of hydrogen-bond donors (Lipinski definition) is 2. The molecule has 3 aromatic rings. The van der Waals surface area contributed by atoms with Gasteiger partial charge in [0.25, 0.3) is 11.6 Å². The molecular weight excluding hydrogens is 332 g/mol. The minimum Gasteiger partial charge on any atom is -0.595 e. The third-order valence-electron chi connectivity index (χ3n) is 4.87. The van der Waals surface area contributed by atoms with Crippen LogP contribution in [0.2, 0.25) is 0 Å². The predicted octanol–water partition coefficient (Wildman–Crippen LogP) is 1.61. The SMILES string of the molecule is CC(C)NC(=O)c1c[nH]c2ncc(-c3c4c(n(C)[n+]3[O-])CCCC4)nc12. The minimum atomic E-state index is -0.206. The van der Waals surface area contributed by atoms with E-state index in [4.69, 9.17) is 0 Å². The molecule has 0 atom stereocenters. The molecule has 0 saturated heterocycles. The summed E-state index contributed by atoms with van der Waals surface area (Å²) in [5.41, 5.74) is 4.61. The Labute approximate surface area is 150 Å². The van der Waals surface area contributed by atoms with E-state index in [2.05, 4.69) is 20.3 Å². The number of hydrogen-bond acceptors (Lipinski definition) is 4. The number of carbonyl (C=O) groups excluding carboxylic acids is 1. The molecule has 0 saturated carbocycles. The molecule has 0 aromatic carbocycles. The standard InChI is InChI=1S/C18H22N6O2/c1-10(2)21-18(25)12-8-19-17-15(12)22-13(9-20-17)16-11-6-4-5-7-14(11)23(3)24(16)26/h8-10H,4-7H2,1-3H3,(H,19,20)(H,21,25). The molecule has 1 aliphatic carbocycles. The number of carbonyl (C=O) groups is 1. The van der Waals surface area contributed by atoms with Gasteiger partial charge >= 0.3 is 0 Å².